The van der Waals surface area contributed by atoms with Crippen molar-refractivity contribution in [2.75, 3.05) is 26.3 Å². The van der Waals surface area contributed by atoms with Crippen LogP contribution in [0.1, 0.15) is 44.9 Å². The molecular weight excluding hydrogens is 250 g/mol. The zero-order chi connectivity index (χ0) is 15.0. The maximum Gasteiger partial charge on any atom is 0.0950 e. The Morgan fingerprint density at radius 2 is 1.95 bits per heavy atom. The molecule has 0 fully saturated rings. The van der Waals surface area contributed by atoms with Crippen molar-refractivity contribution < 1.29 is 9.47 Å². The van der Waals surface area contributed by atoms with Crippen LogP contribution in [0.5, 0.6) is 0 Å². The molecule has 3 heteroatoms. The molecule has 0 spiro atoms. The van der Waals surface area contributed by atoms with Crippen molar-refractivity contribution in [3.05, 3.63) is 35.4 Å². The summed E-state index contributed by atoms with van der Waals surface area (Å²) in [6, 6.07) is 8.50. The van der Waals surface area contributed by atoms with E-state index < -0.39 is 0 Å². The van der Waals surface area contributed by atoms with E-state index in [0.29, 0.717) is 13.2 Å². The Morgan fingerprint density at radius 1 is 1.20 bits per heavy atom. The van der Waals surface area contributed by atoms with Crippen LogP contribution in [-0.2, 0) is 9.47 Å². The van der Waals surface area contributed by atoms with Gasteiger partial charge in [0.05, 0.1) is 24.9 Å². The molecule has 0 aliphatic rings. The number of hydrogen-bond acceptors (Lipinski definition) is 3. The highest BCUT2D eigenvalue weighted by Crippen LogP contribution is 2.18. The Morgan fingerprint density at radius 3 is 2.55 bits per heavy atom. The van der Waals surface area contributed by atoms with Crippen molar-refractivity contribution in [1.29, 1.82) is 0 Å². The van der Waals surface area contributed by atoms with Gasteiger partial charge in [0.25, 0.3) is 0 Å². The minimum absolute atomic E-state index is 0.0819. The molecule has 0 aromatic heterocycles. The first-order chi connectivity index (χ1) is 9.42. The summed E-state index contributed by atoms with van der Waals surface area (Å²) in [5.74, 6) is 0. The first-order valence-corrected chi connectivity index (χ1v) is 7.45. The lowest BCUT2D eigenvalue weighted by Crippen LogP contribution is -2.26. The van der Waals surface area contributed by atoms with Crippen molar-refractivity contribution in [2.45, 2.75) is 46.3 Å². The molecule has 0 saturated carbocycles. The van der Waals surface area contributed by atoms with Crippen LogP contribution in [0.3, 0.4) is 0 Å². The van der Waals surface area contributed by atoms with Crippen LogP contribution in [0.4, 0.5) is 0 Å². The first-order valence-electron chi connectivity index (χ1n) is 7.45. The van der Waals surface area contributed by atoms with Crippen molar-refractivity contribution >= 4 is 0 Å². The molecule has 0 saturated heterocycles. The van der Waals surface area contributed by atoms with Crippen LogP contribution in [-0.4, -0.2) is 31.9 Å². The summed E-state index contributed by atoms with van der Waals surface area (Å²) in [7, 11) is 0. The molecular formula is C17H29NO2. The van der Waals surface area contributed by atoms with Gasteiger partial charge >= 0.3 is 0 Å². The van der Waals surface area contributed by atoms with E-state index >= 15 is 0 Å². The van der Waals surface area contributed by atoms with E-state index in [1.807, 2.05) is 0 Å². The summed E-state index contributed by atoms with van der Waals surface area (Å²) < 4.78 is 11.7. The summed E-state index contributed by atoms with van der Waals surface area (Å²) in [6.45, 7) is 13.4. The third-order valence-corrected chi connectivity index (χ3v) is 2.93. The zero-order valence-corrected chi connectivity index (χ0v) is 13.5. The Kier molecular flexibility index (Phi) is 7.20. The fourth-order valence-electron chi connectivity index (χ4n) is 1.96. The lowest BCUT2D eigenvalue weighted by Gasteiger charge is -2.22. The van der Waals surface area contributed by atoms with Gasteiger partial charge < -0.3 is 14.8 Å². The number of rotatable bonds is 8. The van der Waals surface area contributed by atoms with Crippen LogP contribution in [0.2, 0.25) is 0 Å². The van der Waals surface area contributed by atoms with Gasteiger partial charge in [-0.2, -0.15) is 0 Å². The van der Waals surface area contributed by atoms with E-state index in [2.05, 4.69) is 64.2 Å². The third kappa shape index (κ3) is 7.04. The molecule has 114 valence electrons. The van der Waals surface area contributed by atoms with Gasteiger partial charge in [-0.1, -0.05) is 36.8 Å². The summed E-state index contributed by atoms with van der Waals surface area (Å²) >= 11 is 0. The van der Waals surface area contributed by atoms with Gasteiger partial charge in [-0.3, -0.25) is 0 Å². The molecule has 0 radical (unpaired) electrons. The van der Waals surface area contributed by atoms with Crippen molar-refractivity contribution in [3.63, 3.8) is 0 Å². The molecule has 20 heavy (non-hydrogen) atoms. The molecule has 1 atom stereocenters. The Balaban J connectivity index is 2.52. The summed E-state index contributed by atoms with van der Waals surface area (Å²) in [4.78, 5) is 0. The molecule has 0 heterocycles. The van der Waals surface area contributed by atoms with E-state index in [1.54, 1.807) is 0 Å². The van der Waals surface area contributed by atoms with Gasteiger partial charge in [-0.05, 0) is 39.8 Å². The number of nitrogens with one attached hydrogen (secondary N) is 1. The van der Waals surface area contributed by atoms with Gasteiger partial charge in [-0.25, -0.2) is 0 Å². The van der Waals surface area contributed by atoms with Crippen LogP contribution in [0.15, 0.2) is 24.3 Å². The molecule has 1 aromatic rings. The number of hydrogen-bond donors (Lipinski definition) is 1. The standard InChI is InChI=1S/C17H29NO2/c1-6-18-13-16(15-9-7-8-14(2)12-15)19-10-11-20-17(3,4)5/h7-9,12,16,18H,6,10-11,13H2,1-5H3. The number of benzene rings is 1. The van der Waals surface area contributed by atoms with E-state index in [9.17, 15) is 0 Å². The predicted octanol–water partition coefficient (Wildman–Crippen LogP) is 3.48. The lowest BCUT2D eigenvalue weighted by atomic mass is 10.1. The highest BCUT2D eigenvalue weighted by atomic mass is 16.5. The minimum Gasteiger partial charge on any atom is -0.373 e. The van der Waals surface area contributed by atoms with Crippen LogP contribution in [0, 0.1) is 6.92 Å². The number of aryl methyl sites for hydroxylation is 1. The van der Waals surface area contributed by atoms with Gasteiger partial charge in [0.2, 0.25) is 0 Å². The van der Waals surface area contributed by atoms with Crippen molar-refractivity contribution in [3.8, 4) is 0 Å². The molecule has 1 aromatic carbocycles. The smallest absolute Gasteiger partial charge is 0.0950 e. The lowest BCUT2D eigenvalue weighted by molar-refractivity contribution is -0.0518. The molecule has 0 aliphatic carbocycles. The highest BCUT2D eigenvalue weighted by molar-refractivity contribution is 5.24. The maximum atomic E-state index is 5.99. The molecule has 1 rings (SSSR count). The first kappa shape index (κ1) is 17.2. The summed E-state index contributed by atoms with van der Waals surface area (Å²) in [5.41, 5.74) is 2.38. The Hall–Kier alpha value is -0.900. The SMILES string of the molecule is CCNCC(OCCOC(C)(C)C)c1cccc(C)c1. The van der Waals surface area contributed by atoms with Crippen LogP contribution < -0.4 is 5.32 Å². The largest absolute Gasteiger partial charge is 0.373 e. The van der Waals surface area contributed by atoms with Crippen LogP contribution in [0.25, 0.3) is 0 Å². The zero-order valence-electron chi connectivity index (χ0n) is 13.5. The normalized spacial score (nSPS) is 13.4. The molecule has 1 unspecified atom stereocenters. The van der Waals surface area contributed by atoms with E-state index in [0.717, 1.165) is 13.1 Å². The Bertz CT molecular complexity index is 385. The average molecular weight is 279 g/mol. The van der Waals surface area contributed by atoms with Crippen LogP contribution >= 0.6 is 0 Å². The van der Waals surface area contributed by atoms with Gasteiger partial charge in [0.15, 0.2) is 0 Å². The third-order valence-electron chi connectivity index (χ3n) is 2.93. The second-order valence-electron chi connectivity index (χ2n) is 6.04. The quantitative estimate of drug-likeness (QED) is 0.739. The molecule has 0 aliphatic heterocycles. The molecule has 0 bridgehead atoms. The van der Waals surface area contributed by atoms with Crippen molar-refractivity contribution in [1.82, 2.24) is 5.32 Å². The maximum absolute atomic E-state index is 5.99. The molecule has 0 amide bonds. The second kappa shape index (κ2) is 8.40. The number of likely N-dealkylation sites (N-methyl/N-ethyl adjacent to an activating group) is 1. The molecule has 1 N–H and O–H groups in total. The van der Waals surface area contributed by atoms with Gasteiger partial charge in [0.1, 0.15) is 0 Å². The predicted molar refractivity (Wildman–Crippen MR) is 84.1 cm³/mol. The fraction of sp³-hybridized carbons (Fsp3) is 0.647. The highest BCUT2D eigenvalue weighted by Gasteiger charge is 2.13. The second-order valence-corrected chi connectivity index (χ2v) is 6.04. The number of ether oxygens (including phenoxy) is 2. The summed E-state index contributed by atoms with van der Waals surface area (Å²) in [6.07, 6.45) is 0.0819. The Labute approximate surface area is 123 Å². The van der Waals surface area contributed by atoms with Gasteiger partial charge in [0, 0.05) is 6.54 Å². The topological polar surface area (TPSA) is 30.5 Å². The van der Waals surface area contributed by atoms with E-state index in [1.165, 1.54) is 11.1 Å². The minimum atomic E-state index is -0.107. The summed E-state index contributed by atoms with van der Waals surface area (Å²) in [5, 5.41) is 3.36. The van der Waals surface area contributed by atoms with E-state index in [4.69, 9.17) is 9.47 Å². The molecule has 3 nitrogen and oxygen atoms in total. The monoisotopic (exact) mass is 279 g/mol. The fourth-order valence-corrected chi connectivity index (χ4v) is 1.96. The van der Waals surface area contributed by atoms with Crippen molar-refractivity contribution in [2.24, 2.45) is 0 Å². The average Bonchev–Trinajstić information content (AvgIpc) is 2.36. The van der Waals surface area contributed by atoms with E-state index in [-0.39, 0.29) is 11.7 Å². The van der Waals surface area contributed by atoms with Gasteiger partial charge in [-0.15, -0.1) is 0 Å².